The van der Waals surface area contributed by atoms with Gasteiger partial charge in [0.2, 0.25) is 0 Å². The lowest BCUT2D eigenvalue weighted by Gasteiger charge is -2.35. The van der Waals surface area contributed by atoms with Crippen LogP contribution in [0.15, 0.2) is 30.3 Å². The summed E-state index contributed by atoms with van der Waals surface area (Å²) in [4.78, 5) is 0. The topological polar surface area (TPSA) is 24.1 Å². The number of hydrogen-bond acceptors (Lipinski definition) is 2. The zero-order chi connectivity index (χ0) is 13.5. The van der Waals surface area contributed by atoms with E-state index in [1.807, 2.05) is 0 Å². The first-order valence-electron chi connectivity index (χ1n) is 7.83. The summed E-state index contributed by atoms with van der Waals surface area (Å²) in [6.45, 7) is 6.90. The third-order valence-corrected chi connectivity index (χ3v) is 4.30. The Labute approximate surface area is 118 Å². The molecule has 0 radical (unpaired) electrons. The molecule has 0 amide bonds. The van der Waals surface area contributed by atoms with Crippen molar-refractivity contribution in [1.82, 2.24) is 10.6 Å². The second kappa shape index (κ2) is 7.66. The van der Waals surface area contributed by atoms with Crippen LogP contribution in [0.4, 0.5) is 0 Å². The fourth-order valence-corrected chi connectivity index (χ4v) is 3.07. The molecule has 106 valence electrons. The van der Waals surface area contributed by atoms with E-state index < -0.39 is 0 Å². The van der Waals surface area contributed by atoms with Crippen molar-refractivity contribution in [2.75, 3.05) is 13.1 Å². The van der Waals surface area contributed by atoms with E-state index in [9.17, 15) is 0 Å². The third-order valence-electron chi connectivity index (χ3n) is 4.30. The Morgan fingerprint density at radius 2 is 2.11 bits per heavy atom. The number of unbranched alkanes of at least 4 members (excludes halogenated alkanes) is 1. The molecule has 2 N–H and O–H groups in total. The molecule has 1 heterocycles. The van der Waals surface area contributed by atoms with E-state index in [1.165, 1.54) is 37.8 Å². The zero-order valence-corrected chi connectivity index (χ0v) is 12.4. The van der Waals surface area contributed by atoms with Crippen molar-refractivity contribution in [3.05, 3.63) is 35.9 Å². The van der Waals surface area contributed by atoms with Crippen LogP contribution >= 0.6 is 0 Å². The van der Waals surface area contributed by atoms with Gasteiger partial charge in [0.1, 0.15) is 0 Å². The van der Waals surface area contributed by atoms with E-state index in [0.717, 1.165) is 12.5 Å². The summed E-state index contributed by atoms with van der Waals surface area (Å²) >= 11 is 0. The summed E-state index contributed by atoms with van der Waals surface area (Å²) in [5, 5.41) is 7.40. The highest BCUT2D eigenvalue weighted by Crippen LogP contribution is 2.21. The van der Waals surface area contributed by atoms with Crippen molar-refractivity contribution >= 4 is 0 Å². The van der Waals surface area contributed by atoms with Gasteiger partial charge in [0.25, 0.3) is 0 Å². The standard InChI is InChI=1S/C17H28N2/c1-3-4-8-16-13-18-12-11-17(16)19-14(2)15-9-6-5-7-10-15/h5-7,9-10,14,16-19H,3-4,8,11-13H2,1-2H3/t14?,16-,17+/m1/s1. The van der Waals surface area contributed by atoms with Gasteiger partial charge < -0.3 is 10.6 Å². The van der Waals surface area contributed by atoms with Crippen LogP contribution in [-0.2, 0) is 0 Å². The Balaban J connectivity index is 1.91. The third kappa shape index (κ3) is 4.32. The molecule has 0 aromatic heterocycles. The second-order valence-corrected chi connectivity index (χ2v) is 5.80. The average Bonchev–Trinajstić information content (AvgIpc) is 2.47. The summed E-state index contributed by atoms with van der Waals surface area (Å²) in [5.74, 6) is 0.792. The van der Waals surface area contributed by atoms with E-state index in [0.29, 0.717) is 12.1 Å². The van der Waals surface area contributed by atoms with Crippen molar-refractivity contribution in [1.29, 1.82) is 0 Å². The summed E-state index contributed by atoms with van der Waals surface area (Å²) < 4.78 is 0. The molecule has 1 aliphatic rings. The Morgan fingerprint density at radius 3 is 2.84 bits per heavy atom. The Hall–Kier alpha value is -0.860. The van der Waals surface area contributed by atoms with Gasteiger partial charge >= 0.3 is 0 Å². The number of hydrogen-bond donors (Lipinski definition) is 2. The highest BCUT2D eigenvalue weighted by molar-refractivity contribution is 5.18. The van der Waals surface area contributed by atoms with E-state index in [4.69, 9.17) is 0 Å². The minimum Gasteiger partial charge on any atom is -0.316 e. The van der Waals surface area contributed by atoms with Crippen LogP contribution in [0.25, 0.3) is 0 Å². The predicted octanol–water partition coefficient (Wildman–Crippen LogP) is 3.51. The minimum absolute atomic E-state index is 0.452. The Bertz CT molecular complexity index is 350. The summed E-state index contributed by atoms with van der Waals surface area (Å²) in [6.07, 6.45) is 5.26. The van der Waals surface area contributed by atoms with Gasteiger partial charge in [-0.15, -0.1) is 0 Å². The van der Waals surface area contributed by atoms with Gasteiger partial charge in [0.05, 0.1) is 0 Å². The maximum Gasteiger partial charge on any atom is 0.0294 e. The molecule has 1 aromatic carbocycles. The maximum absolute atomic E-state index is 3.85. The molecule has 2 nitrogen and oxygen atoms in total. The van der Waals surface area contributed by atoms with Gasteiger partial charge in [-0.25, -0.2) is 0 Å². The van der Waals surface area contributed by atoms with Crippen LogP contribution < -0.4 is 10.6 Å². The summed E-state index contributed by atoms with van der Waals surface area (Å²) in [5.41, 5.74) is 1.40. The van der Waals surface area contributed by atoms with Crippen LogP contribution in [0, 0.1) is 5.92 Å². The quantitative estimate of drug-likeness (QED) is 0.818. The fraction of sp³-hybridized carbons (Fsp3) is 0.647. The lowest BCUT2D eigenvalue weighted by molar-refractivity contribution is 0.245. The lowest BCUT2D eigenvalue weighted by atomic mass is 9.88. The molecule has 1 aromatic rings. The van der Waals surface area contributed by atoms with Gasteiger partial charge in [-0.1, -0.05) is 50.1 Å². The lowest BCUT2D eigenvalue weighted by Crippen LogP contribution is -2.48. The van der Waals surface area contributed by atoms with Crippen molar-refractivity contribution in [2.24, 2.45) is 5.92 Å². The molecule has 0 bridgehead atoms. The molecule has 1 unspecified atom stereocenters. The molecule has 2 heteroatoms. The van der Waals surface area contributed by atoms with Crippen LogP contribution in [0.5, 0.6) is 0 Å². The van der Waals surface area contributed by atoms with E-state index in [2.05, 4.69) is 54.8 Å². The number of benzene rings is 1. The molecule has 19 heavy (non-hydrogen) atoms. The Kier molecular flexibility index (Phi) is 5.87. The summed E-state index contributed by atoms with van der Waals surface area (Å²) in [7, 11) is 0. The van der Waals surface area contributed by atoms with Gasteiger partial charge in [-0.2, -0.15) is 0 Å². The number of nitrogens with one attached hydrogen (secondary N) is 2. The van der Waals surface area contributed by atoms with Crippen LogP contribution in [0.3, 0.4) is 0 Å². The van der Waals surface area contributed by atoms with Gasteiger partial charge in [0, 0.05) is 12.1 Å². The molecule has 3 atom stereocenters. The molecule has 1 saturated heterocycles. The Morgan fingerprint density at radius 1 is 1.32 bits per heavy atom. The molecular weight excluding hydrogens is 232 g/mol. The first-order valence-corrected chi connectivity index (χ1v) is 7.83. The van der Waals surface area contributed by atoms with Gasteiger partial charge in [0.15, 0.2) is 0 Å². The van der Waals surface area contributed by atoms with E-state index in [-0.39, 0.29) is 0 Å². The maximum atomic E-state index is 3.85. The minimum atomic E-state index is 0.452. The van der Waals surface area contributed by atoms with E-state index >= 15 is 0 Å². The van der Waals surface area contributed by atoms with Crippen molar-refractivity contribution in [3.8, 4) is 0 Å². The molecule has 0 spiro atoms. The number of rotatable bonds is 6. The SMILES string of the molecule is CCCC[C@@H]1CNCC[C@@H]1NC(C)c1ccccc1. The summed E-state index contributed by atoms with van der Waals surface area (Å²) in [6, 6.07) is 11.9. The van der Waals surface area contributed by atoms with Crippen LogP contribution in [0.1, 0.15) is 51.1 Å². The van der Waals surface area contributed by atoms with E-state index in [1.54, 1.807) is 0 Å². The average molecular weight is 260 g/mol. The highest BCUT2D eigenvalue weighted by atomic mass is 15.0. The van der Waals surface area contributed by atoms with Crippen molar-refractivity contribution in [3.63, 3.8) is 0 Å². The molecule has 1 fully saturated rings. The fourth-order valence-electron chi connectivity index (χ4n) is 3.07. The van der Waals surface area contributed by atoms with Gasteiger partial charge in [-0.05, 0) is 44.3 Å². The normalized spacial score (nSPS) is 25.2. The first-order chi connectivity index (χ1) is 9.31. The van der Waals surface area contributed by atoms with Crippen LogP contribution in [0.2, 0.25) is 0 Å². The van der Waals surface area contributed by atoms with Crippen molar-refractivity contribution in [2.45, 2.75) is 51.6 Å². The second-order valence-electron chi connectivity index (χ2n) is 5.80. The van der Waals surface area contributed by atoms with Crippen LogP contribution in [-0.4, -0.2) is 19.1 Å². The number of piperidine rings is 1. The molecule has 1 aliphatic heterocycles. The highest BCUT2D eigenvalue weighted by Gasteiger charge is 2.25. The predicted molar refractivity (Wildman–Crippen MR) is 82.3 cm³/mol. The molecular formula is C17H28N2. The monoisotopic (exact) mass is 260 g/mol. The van der Waals surface area contributed by atoms with Gasteiger partial charge in [-0.3, -0.25) is 0 Å². The zero-order valence-electron chi connectivity index (χ0n) is 12.4. The molecule has 0 aliphatic carbocycles. The smallest absolute Gasteiger partial charge is 0.0294 e. The largest absolute Gasteiger partial charge is 0.316 e. The molecule has 2 rings (SSSR count). The molecule has 0 saturated carbocycles. The first kappa shape index (κ1) is 14.5. The van der Waals surface area contributed by atoms with Crippen molar-refractivity contribution < 1.29 is 0 Å².